The van der Waals surface area contributed by atoms with Crippen molar-refractivity contribution >= 4 is 22.6 Å². The van der Waals surface area contributed by atoms with E-state index < -0.39 is 0 Å². The van der Waals surface area contributed by atoms with E-state index in [0.717, 1.165) is 40.4 Å². The number of fused-ring (bicyclic) bond motifs is 1. The highest BCUT2D eigenvalue weighted by Gasteiger charge is 2.15. The van der Waals surface area contributed by atoms with E-state index in [4.69, 9.17) is 4.74 Å². The highest BCUT2D eigenvalue weighted by atomic mass is 16.5. The molecule has 0 aliphatic carbocycles. The van der Waals surface area contributed by atoms with Crippen LogP contribution in [0.25, 0.3) is 39.0 Å². The van der Waals surface area contributed by atoms with Crippen molar-refractivity contribution < 1.29 is 4.74 Å². The number of allylic oxidation sites excluding steroid dienone is 3. The first kappa shape index (κ1) is 32.8. The standard InChI is InChI=1S/C50H41NO/c1-36-12-6-10-18-48(36)49-34-43(21-20-37(49)2)40-24-30-46(31-25-40)51(45-28-22-39(23-29-45)38-13-4-3-5-14-38)47-32-26-41(27-33-47)44-17-8-7-15-42-16-9-11-19-50(42)52-35-44/h3-14,16-34H,15,35H2,1-2H3/b8-7-,44-17+. The molecule has 0 radical (unpaired) electrons. The van der Waals surface area contributed by atoms with Crippen LogP contribution in [0, 0.1) is 13.8 Å². The second-order valence-corrected chi connectivity index (χ2v) is 13.4. The third-order valence-electron chi connectivity index (χ3n) is 9.99. The Hall–Kier alpha value is -6.38. The molecule has 1 heterocycles. The topological polar surface area (TPSA) is 12.5 Å². The molecule has 7 aromatic carbocycles. The van der Waals surface area contributed by atoms with Crippen LogP contribution in [0.4, 0.5) is 17.1 Å². The maximum Gasteiger partial charge on any atom is 0.123 e. The molecular formula is C50H41NO. The van der Waals surface area contributed by atoms with Crippen LogP contribution < -0.4 is 9.64 Å². The molecule has 0 unspecified atom stereocenters. The number of anilines is 3. The first-order valence-corrected chi connectivity index (χ1v) is 18.0. The summed E-state index contributed by atoms with van der Waals surface area (Å²) >= 11 is 0. The molecule has 0 N–H and O–H groups in total. The molecule has 0 saturated carbocycles. The number of benzene rings is 7. The predicted molar refractivity (Wildman–Crippen MR) is 220 cm³/mol. The molecule has 1 aliphatic rings. The van der Waals surface area contributed by atoms with Gasteiger partial charge in [0.1, 0.15) is 12.4 Å². The van der Waals surface area contributed by atoms with Crippen LogP contribution in [0.2, 0.25) is 0 Å². The summed E-state index contributed by atoms with van der Waals surface area (Å²) in [5, 5.41) is 0. The van der Waals surface area contributed by atoms with Gasteiger partial charge in [-0.1, -0.05) is 140 Å². The zero-order chi connectivity index (χ0) is 35.3. The number of hydrogen-bond acceptors (Lipinski definition) is 2. The van der Waals surface area contributed by atoms with Crippen LogP contribution in [0.5, 0.6) is 5.75 Å². The number of para-hydroxylation sites is 1. The van der Waals surface area contributed by atoms with E-state index in [9.17, 15) is 0 Å². The SMILES string of the molecule is Cc1ccccc1-c1cc(-c2ccc(N(c3ccc(/C4=C/C=C\Cc5ccccc5OC4)cc3)c3ccc(-c4ccccc4)cc3)cc2)ccc1C. The van der Waals surface area contributed by atoms with Gasteiger partial charge in [-0.15, -0.1) is 0 Å². The Morgan fingerprint density at radius 3 is 1.69 bits per heavy atom. The number of ether oxygens (including phenoxy) is 1. The van der Waals surface area contributed by atoms with E-state index in [1.54, 1.807) is 0 Å². The zero-order valence-corrected chi connectivity index (χ0v) is 29.7. The van der Waals surface area contributed by atoms with Gasteiger partial charge in [0.15, 0.2) is 0 Å². The highest BCUT2D eigenvalue weighted by molar-refractivity contribution is 5.82. The molecule has 2 nitrogen and oxygen atoms in total. The summed E-state index contributed by atoms with van der Waals surface area (Å²) in [5.41, 5.74) is 16.7. The van der Waals surface area contributed by atoms with E-state index in [0.29, 0.717) is 6.61 Å². The van der Waals surface area contributed by atoms with Crippen molar-refractivity contribution in [2.75, 3.05) is 11.5 Å². The molecule has 52 heavy (non-hydrogen) atoms. The van der Waals surface area contributed by atoms with E-state index in [1.807, 2.05) is 6.07 Å². The highest BCUT2D eigenvalue weighted by Crippen LogP contribution is 2.38. The molecular weight excluding hydrogens is 631 g/mol. The minimum atomic E-state index is 0.511. The van der Waals surface area contributed by atoms with E-state index in [2.05, 4.69) is 201 Å². The molecule has 0 amide bonds. The van der Waals surface area contributed by atoms with Gasteiger partial charge in [0.2, 0.25) is 0 Å². The van der Waals surface area contributed by atoms with Crippen molar-refractivity contribution in [3.05, 3.63) is 210 Å². The monoisotopic (exact) mass is 671 g/mol. The van der Waals surface area contributed by atoms with Crippen LogP contribution >= 0.6 is 0 Å². The summed E-state index contributed by atoms with van der Waals surface area (Å²) in [6, 6.07) is 60.9. The lowest BCUT2D eigenvalue weighted by atomic mass is 9.93. The summed E-state index contributed by atoms with van der Waals surface area (Å²) < 4.78 is 6.31. The Kier molecular flexibility index (Phi) is 9.37. The van der Waals surface area contributed by atoms with Crippen LogP contribution in [-0.4, -0.2) is 6.61 Å². The van der Waals surface area contributed by atoms with Gasteiger partial charge >= 0.3 is 0 Å². The van der Waals surface area contributed by atoms with Crippen LogP contribution in [-0.2, 0) is 6.42 Å². The molecule has 0 fully saturated rings. The lowest BCUT2D eigenvalue weighted by molar-refractivity contribution is 0.366. The summed E-state index contributed by atoms with van der Waals surface area (Å²) in [6.45, 7) is 4.89. The van der Waals surface area contributed by atoms with Crippen molar-refractivity contribution in [2.45, 2.75) is 20.3 Å². The van der Waals surface area contributed by atoms with Gasteiger partial charge in [0.05, 0.1) is 0 Å². The summed E-state index contributed by atoms with van der Waals surface area (Å²) in [7, 11) is 0. The van der Waals surface area contributed by atoms with Crippen molar-refractivity contribution in [1.82, 2.24) is 0 Å². The quantitative estimate of drug-likeness (QED) is 0.167. The minimum Gasteiger partial charge on any atom is -0.489 e. The molecule has 0 atom stereocenters. The molecule has 0 spiro atoms. The van der Waals surface area contributed by atoms with Crippen LogP contribution in [0.1, 0.15) is 22.3 Å². The number of rotatable bonds is 7. The van der Waals surface area contributed by atoms with Gasteiger partial charge in [0.25, 0.3) is 0 Å². The average Bonchev–Trinajstić information content (AvgIpc) is 3.30. The van der Waals surface area contributed by atoms with Crippen LogP contribution in [0.15, 0.2) is 188 Å². The second-order valence-electron chi connectivity index (χ2n) is 13.4. The largest absolute Gasteiger partial charge is 0.489 e. The van der Waals surface area contributed by atoms with Crippen LogP contribution in [0.3, 0.4) is 0 Å². The fourth-order valence-corrected chi connectivity index (χ4v) is 7.05. The number of nitrogens with zero attached hydrogens (tertiary/aromatic N) is 1. The zero-order valence-electron chi connectivity index (χ0n) is 29.7. The van der Waals surface area contributed by atoms with Crippen molar-refractivity contribution in [2.24, 2.45) is 0 Å². The first-order chi connectivity index (χ1) is 25.6. The fraction of sp³-hybridized carbons (Fsp3) is 0.0800. The Bertz CT molecular complexity index is 2370. The molecule has 8 rings (SSSR count). The molecule has 0 bridgehead atoms. The Morgan fingerprint density at radius 1 is 0.462 bits per heavy atom. The van der Waals surface area contributed by atoms with Crippen molar-refractivity contribution in [1.29, 1.82) is 0 Å². The number of aryl methyl sites for hydroxylation is 2. The Labute approximate surface area is 307 Å². The first-order valence-electron chi connectivity index (χ1n) is 18.0. The molecule has 7 aromatic rings. The van der Waals surface area contributed by atoms with Gasteiger partial charge in [-0.2, -0.15) is 0 Å². The third-order valence-corrected chi connectivity index (χ3v) is 9.99. The van der Waals surface area contributed by atoms with Gasteiger partial charge in [-0.05, 0) is 130 Å². The summed E-state index contributed by atoms with van der Waals surface area (Å²) in [6.07, 6.45) is 7.38. The van der Waals surface area contributed by atoms with Gasteiger partial charge in [-0.25, -0.2) is 0 Å². The maximum atomic E-state index is 6.31. The second kappa shape index (κ2) is 14.8. The summed E-state index contributed by atoms with van der Waals surface area (Å²) in [5.74, 6) is 0.946. The van der Waals surface area contributed by atoms with E-state index in [1.165, 1.54) is 50.1 Å². The fourth-order valence-electron chi connectivity index (χ4n) is 7.05. The lowest BCUT2D eigenvalue weighted by Crippen LogP contribution is -2.10. The smallest absolute Gasteiger partial charge is 0.123 e. The predicted octanol–water partition coefficient (Wildman–Crippen LogP) is 13.3. The lowest BCUT2D eigenvalue weighted by Gasteiger charge is -2.26. The minimum absolute atomic E-state index is 0.511. The molecule has 1 aliphatic heterocycles. The van der Waals surface area contributed by atoms with Gasteiger partial charge in [-0.3, -0.25) is 0 Å². The summed E-state index contributed by atoms with van der Waals surface area (Å²) in [4.78, 5) is 2.33. The number of hydrogen-bond donors (Lipinski definition) is 0. The van der Waals surface area contributed by atoms with Gasteiger partial charge < -0.3 is 9.64 Å². The molecule has 0 saturated heterocycles. The van der Waals surface area contributed by atoms with E-state index in [-0.39, 0.29) is 0 Å². The Balaban J connectivity index is 1.13. The van der Waals surface area contributed by atoms with Crippen molar-refractivity contribution in [3.63, 3.8) is 0 Å². The Morgan fingerprint density at radius 2 is 1.00 bits per heavy atom. The normalized spacial score (nSPS) is 14.1. The van der Waals surface area contributed by atoms with Crippen molar-refractivity contribution in [3.8, 4) is 39.1 Å². The molecule has 252 valence electrons. The molecule has 0 aromatic heterocycles. The average molecular weight is 672 g/mol. The van der Waals surface area contributed by atoms with Gasteiger partial charge in [0, 0.05) is 17.1 Å². The van der Waals surface area contributed by atoms with E-state index >= 15 is 0 Å². The molecule has 2 heteroatoms. The third kappa shape index (κ3) is 6.97. The maximum absolute atomic E-state index is 6.31.